The Labute approximate surface area is 111 Å². The van der Waals surface area contributed by atoms with E-state index in [1.807, 2.05) is 12.1 Å². The number of anilines is 1. The summed E-state index contributed by atoms with van der Waals surface area (Å²) in [7, 11) is 0. The van der Waals surface area contributed by atoms with E-state index in [2.05, 4.69) is 32.4 Å². The molecule has 1 saturated heterocycles. The lowest BCUT2D eigenvalue weighted by Gasteiger charge is -2.36. The summed E-state index contributed by atoms with van der Waals surface area (Å²) in [6.45, 7) is 3.46. The molecule has 0 spiro atoms. The van der Waals surface area contributed by atoms with Crippen molar-refractivity contribution in [3.63, 3.8) is 0 Å². The van der Waals surface area contributed by atoms with Crippen molar-refractivity contribution in [2.24, 2.45) is 0 Å². The fourth-order valence-corrected chi connectivity index (χ4v) is 2.92. The van der Waals surface area contributed by atoms with Gasteiger partial charge in [0.2, 0.25) is 0 Å². The Morgan fingerprint density at radius 1 is 1.42 bits per heavy atom. The predicted molar refractivity (Wildman–Crippen MR) is 69.9 cm³/mol. The largest absolute Gasteiger partial charge is 0.396 e. The average molecular weight is 262 g/mol. The van der Waals surface area contributed by atoms with Crippen molar-refractivity contribution in [3.05, 3.63) is 12.1 Å². The van der Waals surface area contributed by atoms with E-state index in [1.165, 1.54) is 4.63 Å². The lowest BCUT2D eigenvalue weighted by atomic mass is 9.93. The molecule has 0 aromatic carbocycles. The third kappa shape index (κ3) is 2.14. The molecule has 102 valence electrons. The molecule has 0 amide bonds. The van der Waals surface area contributed by atoms with Gasteiger partial charge in [-0.05, 0) is 55.2 Å². The lowest BCUT2D eigenvalue weighted by Crippen LogP contribution is -2.42. The molecule has 7 nitrogen and oxygen atoms in total. The van der Waals surface area contributed by atoms with Gasteiger partial charge >= 0.3 is 0 Å². The van der Waals surface area contributed by atoms with Crippen molar-refractivity contribution in [3.8, 4) is 0 Å². The first kappa shape index (κ1) is 12.3. The number of tetrazole rings is 1. The van der Waals surface area contributed by atoms with Crippen LogP contribution in [0.25, 0.3) is 5.65 Å². The van der Waals surface area contributed by atoms with Crippen LogP contribution in [0.2, 0.25) is 0 Å². The molecule has 1 atom stereocenters. The van der Waals surface area contributed by atoms with Crippen LogP contribution in [-0.4, -0.2) is 49.1 Å². The van der Waals surface area contributed by atoms with E-state index >= 15 is 0 Å². The van der Waals surface area contributed by atoms with Gasteiger partial charge in [0, 0.05) is 18.7 Å². The van der Waals surface area contributed by atoms with Crippen LogP contribution < -0.4 is 4.90 Å². The monoisotopic (exact) mass is 262 g/mol. The van der Waals surface area contributed by atoms with Crippen molar-refractivity contribution < 1.29 is 5.11 Å². The minimum Gasteiger partial charge on any atom is -0.396 e. The van der Waals surface area contributed by atoms with Crippen LogP contribution in [0.1, 0.15) is 32.6 Å². The van der Waals surface area contributed by atoms with Gasteiger partial charge in [-0.25, -0.2) is 0 Å². The van der Waals surface area contributed by atoms with Crippen molar-refractivity contribution in [1.82, 2.24) is 25.3 Å². The number of aliphatic hydroxyl groups is 1. The molecule has 1 N–H and O–H groups in total. The van der Waals surface area contributed by atoms with E-state index in [0.29, 0.717) is 5.65 Å². The summed E-state index contributed by atoms with van der Waals surface area (Å²) in [6.07, 6.45) is 4.07. The molecule has 3 heterocycles. The Bertz CT molecular complexity index is 570. The van der Waals surface area contributed by atoms with Crippen molar-refractivity contribution in [1.29, 1.82) is 0 Å². The summed E-state index contributed by atoms with van der Waals surface area (Å²) in [5.41, 5.74) is 0.720. The molecule has 1 unspecified atom stereocenters. The van der Waals surface area contributed by atoms with Gasteiger partial charge in [-0.2, -0.15) is 0 Å². The standard InChI is InChI=1S/C12H18N6O/c1-12(7-3-9-19)6-2-8-17(12)11-5-4-10-13-15-16-18(10)14-11/h4-5,19H,2-3,6-9H2,1H3. The molecule has 0 saturated carbocycles. The molecule has 1 aliphatic heterocycles. The van der Waals surface area contributed by atoms with E-state index < -0.39 is 0 Å². The third-order valence-electron chi connectivity index (χ3n) is 3.95. The van der Waals surface area contributed by atoms with Crippen molar-refractivity contribution in [2.45, 2.75) is 38.1 Å². The normalized spacial score (nSPS) is 23.4. The molecular formula is C12H18N6O. The lowest BCUT2D eigenvalue weighted by molar-refractivity contribution is 0.265. The van der Waals surface area contributed by atoms with Gasteiger partial charge in [0.1, 0.15) is 0 Å². The zero-order chi connectivity index (χ0) is 13.3. The summed E-state index contributed by atoms with van der Waals surface area (Å²) in [6, 6.07) is 3.85. The second-order valence-corrected chi connectivity index (χ2v) is 5.30. The molecule has 1 fully saturated rings. The number of aromatic nitrogens is 5. The van der Waals surface area contributed by atoms with Crippen LogP contribution in [0.5, 0.6) is 0 Å². The first-order valence-corrected chi connectivity index (χ1v) is 6.67. The Kier molecular flexibility index (Phi) is 3.06. The van der Waals surface area contributed by atoms with E-state index in [1.54, 1.807) is 0 Å². The maximum absolute atomic E-state index is 9.05. The summed E-state index contributed by atoms with van der Waals surface area (Å²) in [5, 5.41) is 24.8. The SMILES string of the molecule is CC1(CCCO)CCCN1c1ccc2nnnn2n1. The Hall–Kier alpha value is -1.76. The van der Waals surface area contributed by atoms with Crippen molar-refractivity contribution >= 4 is 11.5 Å². The minimum atomic E-state index is 0.0669. The van der Waals surface area contributed by atoms with Gasteiger partial charge in [-0.1, -0.05) is 0 Å². The first-order chi connectivity index (χ1) is 9.23. The molecule has 0 bridgehead atoms. The second kappa shape index (κ2) is 4.73. The smallest absolute Gasteiger partial charge is 0.200 e. The highest BCUT2D eigenvalue weighted by atomic mass is 16.2. The highest BCUT2D eigenvalue weighted by molar-refractivity contribution is 5.47. The van der Waals surface area contributed by atoms with Gasteiger partial charge in [-0.3, -0.25) is 0 Å². The maximum Gasteiger partial charge on any atom is 0.200 e. The van der Waals surface area contributed by atoms with Crippen LogP contribution in [0.3, 0.4) is 0 Å². The van der Waals surface area contributed by atoms with E-state index in [4.69, 9.17) is 5.11 Å². The fraction of sp³-hybridized carbons (Fsp3) is 0.667. The average Bonchev–Trinajstić information content (AvgIpc) is 3.02. The van der Waals surface area contributed by atoms with Gasteiger partial charge in [0.15, 0.2) is 11.5 Å². The number of nitrogens with zero attached hydrogens (tertiary/aromatic N) is 6. The first-order valence-electron chi connectivity index (χ1n) is 6.67. The molecule has 19 heavy (non-hydrogen) atoms. The fourth-order valence-electron chi connectivity index (χ4n) is 2.92. The zero-order valence-electron chi connectivity index (χ0n) is 11.0. The van der Waals surface area contributed by atoms with Crippen LogP contribution in [0.4, 0.5) is 5.82 Å². The Morgan fingerprint density at radius 2 is 2.32 bits per heavy atom. The molecule has 2 aromatic heterocycles. The van der Waals surface area contributed by atoms with Gasteiger partial charge in [-0.15, -0.1) is 14.8 Å². The summed E-state index contributed by atoms with van der Waals surface area (Å²) < 4.78 is 1.46. The number of aliphatic hydroxyl groups excluding tert-OH is 1. The zero-order valence-corrected chi connectivity index (χ0v) is 11.0. The number of hydrogen-bond acceptors (Lipinski definition) is 6. The summed E-state index contributed by atoms with van der Waals surface area (Å²) in [5.74, 6) is 0.901. The van der Waals surface area contributed by atoms with Crippen LogP contribution in [0, 0.1) is 0 Å². The Balaban J connectivity index is 1.90. The van der Waals surface area contributed by atoms with Crippen LogP contribution in [0.15, 0.2) is 12.1 Å². The maximum atomic E-state index is 9.05. The van der Waals surface area contributed by atoms with E-state index in [0.717, 1.165) is 38.0 Å². The van der Waals surface area contributed by atoms with Gasteiger partial charge in [0.05, 0.1) is 0 Å². The van der Waals surface area contributed by atoms with Crippen molar-refractivity contribution in [2.75, 3.05) is 18.1 Å². The highest BCUT2D eigenvalue weighted by Gasteiger charge is 2.36. The van der Waals surface area contributed by atoms with E-state index in [9.17, 15) is 0 Å². The molecule has 7 heteroatoms. The molecular weight excluding hydrogens is 244 g/mol. The molecule has 0 aliphatic carbocycles. The quantitative estimate of drug-likeness (QED) is 0.871. The van der Waals surface area contributed by atoms with Crippen LogP contribution in [-0.2, 0) is 0 Å². The number of fused-ring (bicyclic) bond motifs is 1. The highest BCUT2D eigenvalue weighted by Crippen LogP contribution is 2.36. The summed E-state index contributed by atoms with van der Waals surface area (Å²) >= 11 is 0. The third-order valence-corrected chi connectivity index (χ3v) is 3.95. The molecule has 0 radical (unpaired) electrons. The second-order valence-electron chi connectivity index (χ2n) is 5.30. The topological polar surface area (TPSA) is 79.4 Å². The molecule has 2 aromatic rings. The summed E-state index contributed by atoms with van der Waals surface area (Å²) in [4.78, 5) is 2.31. The van der Waals surface area contributed by atoms with E-state index in [-0.39, 0.29) is 12.1 Å². The van der Waals surface area contributed by atoms with Crippen LogP contribution >= 0.6 is 0 Å². The molecule has 3 rings (SSSR count). The van der Waals surface area contributed by atoms with Gasteiger partial charge in [0.25, 0.3) is 0 Å². The Morgan fingerprint density at radius 3 is 3.16 bits per heavy atom. The van der Waals surface area contributed by atoms with Gasteiger partial charge < -0.3 is 10.0 Å². The molecule has 1 aliphatic rings. The number of rotatable bonds is 4. The number of hydrogen-bond donors (Lipinski definition) is 1. The predicted octanol–water partition coefficient (Wildman–Crippen LogP) is 0.651. The minimum absolute atomic E-state index is 0.0669.